The van der Waals surface area contributed by atoms with Gasteiger partial charge in [-0.1, -0.05) is 0 Å². The molecule has 0 bridgehead atoms. The van der Waals surface area contributed by atoms with Crippen molar-refractivity contribution in [3.05, 3.63) is 5.82 Å². The predicted molar refractivity (Wildman–Crippen MR) is 53.9 cm³/mol. The van der Waals surface area contributed by atoms with Gasteiger partial charge in [-0.2, -0.15) is 0 Å². The largest absolute Gasteiger partial charge is 0.385 e. The number of tetrazole rings is 1. The van der Waals surface area contributed by atoms with Gasteiger partial charge in [0.25, 0.3) is 0 Å². The number of ether oxygens (including phenoxy) is 1. The number of aromatic nitrogens is 4. The summed E-state index contributed by atoms with van der Waals surface area (Å²) in [4.78, 5) is 0. The Morgan fingerprint density at radius 3 is 2.93 bits per heavy atom. The fraction of sp³-hybridized carbons (Fsp3) is 0.889. The van der Waals surface area contributed by atoms with Gasteiger partial charge in [0.15, 0.2) is 5.82 Å². The van der Waals surface area contributed by atoms with Crippen LogP contribution in [0.1, 0.15) is 25.1 Å². The SMILES string of the molecule is COCCC1(Cn2nnnc2CN)CC1. The molecule has 6 nitrogen and oxygen atoms in total. The van der Waals surface area contributed by atoms with E-state index in [1.807, 2.05) is 4.68 Å². The van der Waals surface area contributed by atoms with Gasteiger partial charge >= 0.3 is 0 Å². The standard InChI is InChI=1S/C9H17N5O/c1-15-5-4-9(2-3-9)7-14-8(6-10)11-12-13-14/h2-7,10H2,1H3. The molecule has 1 heterocycles. The summed E-state index contributed by atoms with van der Waals surface area (Å²) in [7, 11) is 1.73. The third kappa shape index (κ3) is 2.32. The van der Waals surface area contributed by atoms with Crippen molar-refractivity contribution in [1.29, 1.82) is 0 Å². The zero-order valence-electron chi connectivity index (χ0n) is 9.02. The van der Waals surface area contributed by atoms with Crippen molar-refractivity contribution in [3.63, 3.8) is 0 Å². The average Bonchev–Trinajstić information content (AvgIpc) is 2.86. The first-order valence-corrected chi connectivity index (χ1v) is 5.24. The van der Waals surface area contributed by atoms with Gasteiger partial charge in [0.1, 0.15) is 0 Å². The molecular weight excluding hydrogens is 194 g/mol. The van der Waals surface area contributed by atoms with Gasteiger partial charge in [0.2, 0.25) is 0 Å². The summed E-state index contributed by atoms with van der Waals surface area (Å²) < 4.78 is 6.93. The molecule has 1 aliphatic rings. The zero-order valence-corrected chi connectivity index (χ0v) is 9.02. The minimum absolute atomic E-state index is 0.356. The molecule has 2 N–H and O–H groups in total. The molecule has 0 unspecified atom stereocenters. The lowest BCUT2D eigenvalue weighted by Crippen LogP contribution is -2.18. The van der Waals surface area contributed by atoms with Gasteiger partial charge in [0, 0.05) is 13.7 Å². The van der Waals surface area contributed by atoms with Gasteiger partial charge < -0.3 is 10.5 Å². The molecule has 1 aromatic heterocycles. The smallest absolute Gasteiger partial charge is 0.164 e. The second-order valence-corrected chi connectivity index (χ2v) is 4.20. The maximum absolute atomic E-state index is 5.55. The van der Waals surface area contributed by atoms with Crippen LogP contribution in [-0.4, -0.2) is 33.9 Å². The normalized spacial score (nSPS) is 18.0. The lowest BCUT2D eigenvalue weighted by atomic mass is 10.0. The van der Waals surface area contributed by atoms with E-state index in [9.17, 15) is 0 Å². The first-order chi connectivity index (χ1) is 7.29. The average molecular weight is 211 g/mol. The fourth-order valence-corrected chi connectivity index (χ4v) is 1.79. The van der Waals surface area contributed by atoms with E-state index >= 15 is 0 Å². The highest BCUT2D eigenvalue weighted by Crippen LogP contribution is 2.50. The molecular formula is C9H17N5O. The van der Waals surface area contributed by atoms with Crippen LogP contribution in [0.15, 0.2) is 0 Å². The number of nitrogens with zero attached hydrogens (tertiary/aromatic N) is 4. The number of rotatable bonds is 6. The molecule has 0 radical (unpaired) electrons. The fourth-order valence-electron chi connectivity index (χ4n) is 1.79. The first-order valence-electron chi connectivity index (χ1n) is 5.24. The molecule has 15 heavy (non-hydrogen) atoms. The zero-order chi connectivity index (χ0) is 10.7. The topological polar surface area (TPSA) is 78.8 Å². The van der Waals surface area contributed by atoms with E-state index in [1.54, 1.807) is 7.11 Å². The maximum Gasteiger partial charge on any atom is 0.164 e. The molecule has 0 amide bonds. The Balaban J connectivity index is 1.96. The molecule has 0 saturated heterocycles. The van der Waals surface area contributed by atoms with Crippen molar-refractivity contribution in [3.8, 4) is 0 Å². The summed E-state index contributed by atoms with van der Waals surface area (Å²) in [6.07, 6.45) is 3.55. The van der Waals surface area contributed by atoms with Crippen LogP contribution in [0.25, 0.3) is 0 Å². The van der Waals surface area contributed by atoms with Crippen LogP contribution in [0.3, 0.4) is 0 Å². The van der Waals surface area contributed by atoms with Crippen molar-refractivity contribution in [2.24, 2.45) is 11.1 Å². The molecule has 0 atom stereocenters. The van der Waals surface area contributed by atoms with E-state index in [1.165, 1.54) is 12.8 Å². The minimum atomic E-state index is 0.356. The van der Waals surface area contributed by atoms with Crippen molar-refractivity contribution in [1.82, 2.24) is 20.2 Å². The molecule has 1 saturated carbocycles. The van der Waals surface area contributed by atoms with Crippen LogP contribution in [0.2, 0.25) is 0 Å². The molecule has 0 aromatic carbocycles. The van der Waals surface area contributed by atoms with Crippen molar-refractivity contribution in [2.75, 3.05) is 13.7 Å². The van der Waals surface area contributed by atoms with Crippen LogP contribution in [-0.2, 0) is 17.8 Å². The molecule has 2 rings (SSSR count). The summed E-state index contributed by atoms with van der Waals surface area (Å²) in [5, 5.41) is 11.5. The Labute approximate surface area is 88.8 Å². The van der Waals surface area contributed by atoms with E-state index in [-0.39, 0.29) is 0 Å². The summed E-state index contributed by atoms with van der Waals surface area (Å²) in [5.74, 6) is 0.763. The Bertz CT molecular complexity index is 320. The molecule has 0 spiro atoms. The maximum atomic E-state index is 5.55. The predicted octanol–water partition coefficient (Wildman–Crippen LogP) is -0.0515. The van der Waals surface area contributed by atoms with Gasteiger partial charge in [-0.3, -0.25) is 0 Å². The van der Waals surface area contributed by atoms with Crippen LogP contribution in [0.4, 0.5) is 0 Å². The molecule has 84 valence electrons. The number of nitrogens with two attached hydrogens (primary N) is 1. The molecule has 0 aliphatic heterocycles. The van der Waals surface area contributed by atoms with Crippen LogP contribution < -0.4 is 5.73 Å². The van der Waals surface area contributed by atoms with Crippen molar-refractivity contribution in [2.45, 2.75) is 32.4 Å². The quantitative estimate of drug-likeness (QED) is 0.713. The summed E-state index contributed by atoms with van der Waals surface area (Å²) in [6.45, 7) is 2.07. The molecule has 1 aliphatic carbocycles. The molecule has 1 aromatic rings. The Morgan fingerprint density at radius 1 is 1.53 bits per heavy atom. The van der Waals surface area contributed by atoms with E-state index in [4.69, 9.17) is 10.5 Å². The highest BCUT2D eigenvalue weighted by atomic mass is 16.5. The second kappa shape index (κ2) is 4.24. The second-order valence-electron chi connectivity index (χ2n) is 4.20. The van der Waals surface area contributed by atoms with E-state index in [2.05, 4.69) is 15.5 Å². The number of hydrogen-bond acceptors (Lipinski definition) is 5. The highest BCUT2D eigenvalue weighted by molar-refractivity contribution is 4.94. The Kier molecular flexibility index (Phi) is 2.97. The van der Waals surface area contributed by atoms with Gasteiger partial charge in [-0.15, -0.1) is 5.10 Å². The highest BCUT2D eigenvalue weighted by Gasteiger charge is 2.43. The van der Waals surface area contributed by atoms with E-state index < -0.39 is 0 Å². The first kappa shape index (κ1) is 10.5. The van der Waals surface area contributed by atoms with Gasteiger partial charge in [-0.05, 0) is 35.1 Å². The monoisotopic (exact) mass is 211 g/mol. The number of hydrogen-bond donors (Lipinski definition) is 1. The number of methoxy groups -OCH3 is 1. The minimum Gasteiger partial charge on any atom is -0.385 e. The summed E-state index contributed by atoms with van der Waals surface area (Å²) in [6, 6.07) is 0. The molecule has 6 heteroatoms. The van der Waals surface area contributed by atoms with Crippen molar-refractivity contribution < 1.29 is 4.74 Å². The van der Waals surface area contributed by atoms with Crippen LogP contribution in [0, 0.1) is 5.41 Å². The Hall–Kier alpha value is -1.01. The van der Waals surface area contributed by atoms with E-state index in [0.717, 1.165) is 25.4 Å². The lowest BCUT2D eigenvalue weighted by Gasteiger charge is -2.14. The summed E-state index contributed by atoms with van der Waals surface area (Å²) in [5.41, 5.74) is 5.90. The third-order valence-electron chi connectivity index (χ3n) is 3.07. The third-order valence-corrected chi connectivity index (χ3v) is 3.07. The van der Waals surface area contributed by atoms with Gasteiger partial charge in [-0.25, -0.2) is 4.68 Å². The van der Waals surface area contributed by atoms with Gasteiger partial charge in [0.05, 0.1) is 13.1 Å². The lowest BCUT2D eigenvalue weighted by molar-refractivity contribution is 0.164. The van der Waals surface area contributed by atoms with Crippen LogP contribution in [0.5, 0.6) is 0 Å². The summed E-state index contributed by atoms with van der Waals surface area (Å²) >= 11 is 0. The van der Waals surface area contributed by atoms with Crippen molar-refractivity contribution >= 4 is 0 Å². The Morgan fingerprint density at radius 2 is 2.33 bits per heavy atom. The van der Waals surface area contributed by atoms with E-state index in [0.29, 0.717) is 12.0 Å². The van der Waals surface area contributed by atoms with Crippen LogP contribution >= 0.6 is 0 Å². The molecule has 1 fully saturated rings.